The summed E-state index contributed by atoms with van der Waals surface area (Å²) in [7, 11) is 0. The van der Waals surface area contributed by atoms with Crippen LogP contribution in [0.3, 0.4) is 0 Å². The lowest BCUT2D eigenvalue weighted by Gasteiger charge is -2.28. The number of fused-ring (bicyclic) bond motifs is 6. The fourth-order valence-corrected chi connectivity index (χ4v) is 6.60. The zero-order chi connectivity index (χ0) is 24.5. The smallest absolute Gasteiger partial charge is 0.0436 e. The predicted molar refractivity (Wildman–Crippen MR) is 151 cm³/mol. The van der Waals surface area contributed by atoms with Crippen molar-refractivity contribution in [2.24, 2.45) is 0 Å². The molecule has 0 aliphatic heterocycles. The second-order valence-corrected chi connectivity index (χ2v) is 10.9. The van der Waals surface area contributed by atoms with Crippen LogP contribution in [0.1, 0.15) is 48.6 Å². The molecule has 174 valence electrons. The molecule has 5 aromatic carbocycles. The molecule has 0 bridgehead atoms. The van der Waals surface area contributed by atoms with E-state index in [1.807, 2.05) is 0 Å². The Balaban J connectivity index is 1.31. The summed E-state index contributed by atoms with van der Waals surface area (Å²) in [6.45, 7) is 7.03. The van der Waals surface area contributed by atoms with E-state index in [0.29, 0.717) is 0 Å². The summed E-state index contributed by atoms with van der Waals surface area (Å²) >= 11 is 0. The zero-order valence-electron chi connectivity index (χ0n) is 21.0. The first-order chi connectivity index (χ1) is 17.5. The molecule has 36 heavy (non-hydrogen) atoms. The lowest BCUT2D eigenvalue weighted by atomic mass is 9.74. The Labute approximate surface area is 213 Å². The lowest BCUT2D eigenvalue weighted by molar-refractivity contribution is 0.660. The van der Waals surface area contributed by atoms with E-state index in [1.165, 1.54) is 50.1 Å². The van der Waals surface area contributed by atoms with Crippen molar-refractivity contribution in [2.75, 3.05) is 5.32 Å². The molecule has 1 nitrogen and oxygen atoms in total. The van der Waals surface area contributed by atoms with Crippen LogP contribution >= 0.6 is 0 Å². The predicted octanol–water partition coefficient (Wildman–Crippen LogP) is 9.07. The molecular weight excluding hydrogens is 434 g/mol. The van der Waals surface area contributed by atoms with Crippen molar-refractivity contribution in [2.45, 2.75) is 31.6 Å². The van der Waals surface area contributed by atoms with Gasteiger partial charge in [0, 0.05) is 22.2 Å². The Morgan fingerprint density at radius 2 is 0.944 bits per heavy atom. The Hall–Kier alpha value is -4.10. The van der Waals surface area contributed by atoms with Gasteiger partial charge in [0.2, 0.25) is 0 Å². The molecule has 1 unspecified atom stereocenters. The molecule has 1 heteroatoms. The van der Waals surface area contributed by atoms with Crippen molar-refractivity contribution in [1.82, 2.24) is 0 Å². The number of rotatable bonds is 3. The number of hydrogen-bond acceptors (Lipinski definition) is 1. The van der Waals surface area contributed by atoms with Crippen LogP contribution in [0, 0.1) is 0 Å². The van der Waals surface area contributed by atoms with Crippen LogP contribution in [0.15, 0.2) is 115 Å². The summed E-state index contributed by atoms with van der Waals surface area (Å²) in [5, 5.41) is 3.74. The van der Waals surface area contributed by atoms with Gasteiger partial charge in [0.05, 0.1) is 0 Å². The molecular formula is C35H29N. The Morgan fingerprint density at radius 1 is 0.444 bits per heavy atom. The number of benzene rings is 5. The van der Waals surface area contributed by atoms with E-state index in [4.69, 9.17) is 0 Å². The summed E-state index contributed by atoms with van der Waals surface area (Å²) < 4.78 is 0. The van der Waals surface area contributed by atoms with Crippen LogP contribution in [0.2, 0.25) is 0 Å². The minimum absolute atomic E-state index is 0.00488. The topological polar surface area (TPSA) is 12.0 Å². The number of hydrogen-bond donors (Lipinski definition) is 1. The van der Waals surface area contributed by atoms with Crippen molar-refractivity contribution in [3.8, 4) is 22.3 Å². The number of anilines is 2. The lowest BCUT2D eigenvalue weighted by Crippen LogP contribution is -2.22. The van der Waals surface area contributed by atoms with Gasteiger partial charge in [-0.15, -0.1) is 0 Å². The van der Waals surface area contributed by atoms with Crippen LogP contribution in [0.4, 0.5) is 11.4 Å². The maximum atomic E-state index is 3.74. The minimum Gasteiger partial charge on any atom is -0.356 e. The molecule has 0 fully saturated rings. The Bertz CT molecular complexity index is 1640. The first kappa shape index (κ1) is 21.2. The van der Waals surface area contributed by atoms with Crippen LogP contribution in [0.5, 0.6) is 0 Å². The summed E-state index contributed by atoms with van der Waals surface area (Å²) in [5.41, 5.74) is 14.3. The minimum atomic E-state index is -0.188. The van der Waals surface area contributed by atoms with Gasteiger partial charge in [-0.05, 0) is 81.3 Å². The van der Waals surface area contributed by atoms with Crippen molar-refractivity contribution >= 4 is 11.4 Å². The first-order valence-electron chi connectivity index (χ1n) is 12.8. The summed E-state index contributed by atoms with van der Waals surface area (Å²) in [4.78, 5) is 0. The third-order valence-electron chi connectivity index (χ3n) is 8.54. The highest BCUT2D eigenvalue weighted by Crippen LogP contribution is 2.53. The van der Waals surface area contributed by atoms with E-state index in [-0.39, 0.29) is 10.8 Å². The van der Waals surface area contributed by atoms with Gasteiger partial charge in [-0.2, -0.15) is 0 Å². The van der Waals surface area contributed by atoms with Crippen molar-refractivity contribution in [1.29, 1.82) is 0 Å². The highest BCUT2D eigenvalue weighted by molar-refractivity contribution is 5.86. The van der Waals surface area contributed by atoms with Crippen LogP contribution in [-0.4, -0.2) is 0 Å². The number of nitrogens with one attached hydrogen (secondary N) is 1. The molecule has 2 aliphatic carbocycles. The van der Waals surface area contributed by atoms with Crippen molar-refractivity contribution in [3.63, 3.8) is 0 Å². The molecule has 1 N–H and O–H groups in total. The monoisotopic (exact) mass is 463 g/mol. The maximum absolute atomic E-state index is 3.74. The van der Waals surface area contributed by atoms with E-state index < -0.39 is 0 Å². The molecule has 0 saturated carbocycles. The van der Waals surface area contributed by atoms with Crippen molar-refractivity contribution in [3.05, 3.63) is 143 Å². The second-order valence-electron chi connectivity index (χ2n) is 10.9. The molecule has 0 heterocycles. The first-order valence-corrected chi connectivity index (χ1v) is 12.8. The Kier molecular flexibility index (Phi) is 4.39. The average Bonchev–Trinajstić information content (AvgIpc) is 3.31. The fourth-order valence-electron chi connectivity index (χ4n) is 6.60. The second kappa shape index (κ2) is 7.45. The zero-order valence-corrected chi connectivity index (χ0v) is 21.0. The molecule has 2 aliphatic rings. The van der Waals surface area contributed by atoms with Gasteiger partial charge in [-0.1, -0.05) is 105 Å². The summed E-state index contributed by atoms with van der Waals surface area (Å²) in [6, 6.07) is 42.3. The molecule has 0 amide bonds. The normalized spacial score (nSPS) is 18.2. The van der Waals surface area contributed by atoms with Crippen LogP contribution in [0.25, 0.3) is 22.3 Å². The van der Waals surface area contributed by atoms with Gasteiger partial charge >= 0.3 is 0 Å². The molecule has 0 saturated heterocycles. The van der Waals surface area contributed by atoms with Gasteiger partial charge in [0.1, 0.15) is 0 Å². The standard InChI is InChI=1S/C35H29N/c1-34(2)30-15-9-7-13-26(30)28-19-17-24(21-32(28)34)36-25-18-20-29-27-14-8-10-16-31(27)35(3,33(29)22-25)23-11-5-4-6-12-23/h4-22,36H,1-3H3. The highest BCUT2D eigenvalue weighted by Gasteiger charge is 2.40. The van der Waals surface area contributed by atoms with E-state index in [1.54, 1.807) is 0 Å². The van der Waals surface area contributed by atoms with E-state index in [2.05, 4.69) is 141 Å². The molecule has 1 atom stereocenters. The van der Waals surface area contributed by atoms with Gasteiger partial charge in [-0.25, -0.2) is 0 Å². The maximum Gasteiger partial charge on any atom is 0.0436 e. The highest BCUT2D eigenvalue weighted by atomic mass is 14.9. The third kappa shape index (κ3) is 2.83. The van der Waals surface area contributed by atoms with Gasteiger partial charge in [0.25, 0.3) is 0 Å². The van der Waals surface area contributed by atoms with E-state index in [9.17, 15) is 0 Å². The molecule has 0 aromatic heterocycles. The van der Waals surface area contributed by atoms with Crippen LogP contribution in [-0.2, 0) is 10.8 Å². The third-order valence-corrected chi connectivity index (χ3v) is 8.54. The summed E-state index contributed by atoms with van der Waals surface area (Å²) in [5.74, 6) is 0. The molecule has 0 radical (unpaired) electrons. The fraction of sp³-hybridized carbons (Fsp3) is 0.143. The van der Waals surface area contributed by atoms with Crippen LogP contribution < -0.4 is 5.32 Å². The van der Waals surface area contributed by atoms with Gasteiger partial charge in [-0.3, -0.25) is 0 Å². The van der Waals surface area contributed by atoms with Crippen molar-refractivity contribution < 1.29 is 0 Å². The van der Waals surface area contributed by atoms with E-state index >= 15 is 0 Å². The van der Waals surface area contributed by atoms with Gasteiger partial charge in [0.15, 0.2) is 0 Å². The SMILES string of the molecule is CC1(C)c2ccccc2-c2ccc(Nc3ccc4c(c3)C(C)(c3ccccc3)c3ccccc3-4)cc21. The quantitative estimate of drug-likeness (QED) is 0.281. The molecule has 0 spiro atoms. The van der Waals surface area contributed by atoms with Gasteiger partial charge < -0.3 is 5.32 Å². The summed E-state index contributed by atoms with van der Waals surface area (Å²) in [6.07, 6.45) is 0. The van der Waals surface area contributed by atoms with E-state index in [0.717, 1.165) is 11.4 Å². The molecule has 5 aromatic rings. The Morgan fingerprint density at radius 3 is 1.64 bits per heavy atom. The largest absolute Gasteiger partial charge is 0.356 e. The average molecular weight is 464 g/mol. The molecule has 7 rings (SSSR count).